The molecule has 0 unspecified atom stereocenters. The Kier molecular flexibility index (Phi) is 4.19. The van der Waals surface area contributed by atoms with Crippen LogP contribution >= 0.6 is 11.6 Å². The molecule has 2 heterocycles. The van der Waals surface area contributed by atoms with Crippen molar-refractivity contribution in [1.82, 2.24) is 9.38 Å². The van der Waals surface area contributed by atoms with E-state index in [4.69, 9.17) is 16.6 Å². The van der Waals surface area contributed by atoms with Crippen LogP contribution in [0.1, 0.15) is 0 Å². The highest BCUT2D eigenvalue weighted by atomic mass is 35.5. The Balaban J connectivity index is 1.77. The molecule has 3 heteroatoms. The highest BCUT2D eigenvalue weighted by Crippen LogP contribution is 2.32. The summed E-state index contributed by atoms with van der Waals surface area (Å²) in [5, 5.41) is 0.729. The van der Waals surface area contributed by atoms with Crippen LogP contribution in [0.5, 0.6) is 0 Å². The van der Waals surface area contributed by atoms with E-state index in [0.717, 1.165) is 38.6 Å². The number of aromatic nitrogens is 2. The molecule has 28 heavy (non-hydrogen) atoms. The van der Waals surface area contributed by atoms with E-state index < -0.39 is 0 Å². The van der Waals surface area contributed by atoms with Gasteiger partial charge in [0, 0.05) is 28.5 Å². The third kappa shape index (κ3) is 3.08. The summed E-state index contributed by atoms with van der Waals surface area (Å²) in [6.45, 7) is 0. The lowest BCUT2D eigenvalue weighted by Crippen LogP contribution is -1.91. The predicted octanol–water partition coefficient (Wildman–Crippen LogP) is 6.99. The summed E-state index contributed by atoms with van der Waals surface area (Å²) in [4.78, 5) is 4.95. The molecule has 0 aliphatic heterocycles. The quantitative estimate of drug-likeness (QED) is 0.329. The van der Waals surface area contributed by atoms with Gasteiger partial charge in [-0.25, -0.2) is 4.98 Å². The Morgan fingerprint density at radius 3 is 1.93 bits per heavy atom. The Labute approximate surface area is 168 Å². The monoisotopic (exact) mass is 380 g/mol. The number of rotatable bonds is 3. The van der Waals surface area contributed by atoms with Gasteiger partial charge < -0.3 is 4.40 Å². The zero-order chi connectivity index (χ0) is 18.9. The van der Waals surface area contributed by atoms with E-state index in [1.807, 2.05) is 48.5 Å². The van der Waals surface area contributed by atoms with Gasteiger partial charge in [0.25, 0.3) is 0 Å². The second-order valence-electron chi connectivity index (χ2n) is 6.74. The van der Waals surface area contributed by atoms with Crippen LogP contribution in [0.2, 0.25) is 5.02 Å². The number of nitrogens with zero attached hydrogens (tertiary/aromatic N) is 2. The maximum absolute atomic E-state index is 6.11. The molecule has 0 aliphatic rings. The number of hydrogen-bond acceptors (Lipinski definition) is 1. The molecule has 0 saturated heterocycles. The molecule has 0 aliphatic carbocycles. The Hall–Kier alpha value is -3.36. The minimum absolute atomic E-state index is 0.729. The highest BCUT2D eigenvalue weighted by molar-refractivity contribution is 6.30. The fourth-order valence-corrected chi connectivity index (χ4v) is 3.60. The maximum Gasteiger partial charge on any atom is 0.145 e. The van der Waals surface area contributed by atoms with Gasteiger partial charge >= 0.3 is 0 Å². The van der Waals surface area contributed by atoms with Gasteiger partial charge in [0.15, 0.2) is 0 Å². The molecule has 5 aromatic rings. The van der Waals surface area contributed by atoms with Crippen molar-refractivity contribution in [1.29, 1.82) is 0 Å². The molecule has 0 saturated carbocycles. The van der Waals surface area contributed by atoms with Gasteiger partial charge in [0.1, 0.15) is 5.65 Å². The van der Waals surface area contributed by atoms with Crippen LogP contribution in [0.4, 0.5) is 0 Å². The molecule has 0 N–H and O–H groups in total. The summed E-state index contributed by atoms with van der Waals surface area (Å²) >= 11 is 6.11. The first-order valence-electron chi connectivity index (χ1n) is 9.17. The van der Waals surface area contributed by atoms with Crippen molar-refractivity contribution in [3.8, 4) is 33.5 Å². The Morgan fingerprint density at radius 1 is 0.607 bits per heavy atom. The summed E-state index contributed by atoms with van der Waals surface area (Å²) in [6.07, 6.45) is 4.24. The van der Waals surface area contributed by atoms with Crippen molar-refractivity contribution < 1.29 is 0 Å². The van der Waals surface area contributed by atoms with Crippen LogP contribution in [0, 0.1) is 0 Å². The second-order valence-corrected chi connectivity index (χ2v) is 7.17. The van der Waals surface area contributed by atoms with E-state index in [1.165, 1.54) is 5.56 Å². The fourth-order valence-electron chi connectivity index (χ4n) is 3.48. The molecule has 2 nitrogen and oxygen atoms in total. The zero-order valence-electron chi connectivity index (χ0n) is 15.1. The lowest BCUT2D eigenvalue weighted by atomic mass is 10.0. The molecule has 134 valence electrons. The summed E-state index contributed by atoms with van der Waals surface area (Å²) in [7, 11) is 0. The molecule has 5 rings (SSSR count). The van der Waals surface area contributed by atoms with Gasteiger partial charge in [-0.05, 0) is 34.9 Å². The van der Waals surface area contributed by atoms with Crippen molar-refractivity contribution in [2.24, 2.45) is 0 Å². The van der Waals surface area contributed by atoms with Crippen LogP contribution in [-0.4, -0.2) is 9.38 Å². The third-order valence-electron chi connectivity index (χ3n) is 4.88. The molecule has 0 atom stereocenters. The van der Waals surface area contributed by atoms with E-state index in [9.17, 15) is 0 Å². The molecule has 0 bridgehead atoms. The predicted molar refractivity (Wildman–Crippen MR) is 117 cm³/mol. The van der Waals surface area contributed by atoms with Crippen molar-refractivity contribution in [2.75, 3.05) is 0 Å². The molecular formula is C25H17ClN2. The maximum atomic E-state index is 6.11. The first-order valence-corrected chi connectivity index (χ1v) is 9.55. The normalized spacial score (nSPS) is 11.0. The largest absolute Gasteiger partial charge is 0.305 e. The van der Waals surface area contributed by atoms with Gasteiger partial charge in [0.05, 0.1) is 5.69 Å². The standard InChI is InChI=1S/C25H17ClN2/c26-22-13-11-19(12-14-22)23-15-21(18-7-3-1-4-8-18)16-28-17-24(27-25(23)28)20-9-5-2-6-10-20/h1-17H. The van der Waals surface area contributed by atoms with Crippen molar-refractivity contribution in [3.63, 3.8) is 0 Å². The number of pyridine rings is 1. The summed E-state index contributed by atoms with van der Waals surface area (Å²) in [6, 6.07) is 30.8. The van der Waals surface area contributed by atoms with Crippen LogP contribution in [-0.2, 0) is 0 Å². The topological polar surface area (TPSA) is 17.3 Å². The number of halogens is 1. The molecule has 0 fully saturated rings. The Morgan fingerprint density at radius 2 is 1.25 bits per heavy atom. The van der Waals surface area contributed by atoms with Crippen LogP contribution in [0.3, 0.4) is 0 Å². The molecule has 0 spiro atoms. The molecule has 3 aromatic carbocycles. The summed E-state index contributed by atoms with van der Waals surface area (Å²) < 4.78 is 2.12. The molecule has 2 aromatic heterocycles. The first-order chi connectivity index (χ1) is 13.8. The van der Waals surface area contributed by atoms with E-state index >= 15 is 0 Å². The van der Waals surface area contributed by atoms with E-state index in [0.29, 0.717) is 0 Å². The first kappa shape index (κ1) is 16.8. The minimum atomic E-state index is 0.729. The van der Waals surface area contributed by atoms with Crippen molar-refractivity contribution >= 4 is 17.2 Å². The second kappa shape index (κ2) is 6.99. The lowest BCUT2D eigenvalue weighted by Gasteiger charge is -2.09. The van der Waals surface area contributed by atoms with Gasteiger partial charge in [-0.15, -0.1) is 0 Å². The van der Waals surface area contributed by atoms with Gasteiger partial charge in [-0.1, -0.05) is 84.4 Å². The highest BCUT2D eigenvalue weighted by Gasteiger charge is 2.12. The number of imidazole rings is 1. The van der Waals surface area contributed by atoms with Crippen LogP contribution in [0.25, 0.3) is 39.2 Å². The fraction of sp³-hybridized carbons (Fsp3) is 0. The minimum Gasteiger partial charge on any atom is -0.305 e. The smallest absolute Gasteiger partial charge is 0.145 e. The number of benzene rings is 3. The molecule has 0 amide bonds. The Bertz CT molecular complexity index is 1240. The van der Waals surface area contributed by atoms with Gasteiger partial charge in [-0.2, -0.15) is 0 Å². The molecule has 0 radical (unpaired) electrons. The van der Waals surface area contributed by atoms with Gasteiger partial charge in [0.2, 0.25) is 0 Å². The molecular weight excluding hydrogens is 364 g/mol. The SMILES string of the molecule is Clc1ccc(-c2cc(-c3ccccc3)cn3cc(-c4ccccc4)nc23)cc1. The number of fused-ring (bicyclic) bond motifs is 1. The van der Waals surface area contributed by atoms with Crippen molar-refractivity contribution in [2.45, 2.75) is 0 Å². The third-order valence-corrected chi connectivity index (χ3v) is 5.14. The van der Waals surface area contributed by atoms with Crippen LogP contribution < -0.4 is 0 Å². The van der Waals surface area contributed by atoms with E-state index in [1.54, 1.807) is 0 Å². The van der Waals surface area contributed by atoms with Crippen LogP contribution in [0.15, 0.2) is 103 Å². The average molecular weight is 381 g/mol. The average Bonchev–Trinajstić information content (AvgIpc) is 3.19. The zero-order valence-corrected chi connectivity index (χ0v) is 15.8. The van der Waals surface area contributed by atoms with E-state index in [-0.39, 0.29) is 0 Å². The van der Waals surface area contributed by atoms with E-state index in [2.05, 4.69) is 59.3 Å². The van der Waals surface area contributed by atoms with Crippen molar-refractivity contribution in [3.05, 3.63) is 108 Å². The summed E-state index contributed by atoms with van der Waals surface area (Å²) in [5.74, 6) is 0. The lowest BCUT2D eigenvalue weighted by molar-refractivity contribution is 1.19. The van der Waals surface area contributed by atoms with Gasteiger partial charge in [-0.3, -0.25) is 0 Å². The summed E-state index contributed by atoms with van der Waals surface area (Å²) in [5.41, 5.74) is 7.50. The number of hydrogen-bond donors (Lipinski definition) is 0.